The van der Waals surface area contributed by atoms with Gasteiger partial charge in [0.15, 0.2) is 0 Å². The number of para-hydroxylation sites is 1. The molecule has 24 heavy (non-hydrogen) atoms. The molecule has 0 spiro atoms. The summed E-state index contributed by atoms with van der Waals surface area (Å²) >= 11 is 0. The zero-order chi connectivity index (χ0) is 16.9. The number of benzene rings is 1. The number of hydrogen-bond donors (Lipinski definition) is 2. The summed E-state index contributed by atoms with van der Waals surface area (Å²) in [7, 11) is 0. The summed E-state index contributed by atoms with van der Waals surface area (Å²) in [5.74, 6) is -0.281. The first-order valence-electron chi connectivity index (χ1n) is 8.76. The molecule has 3 rings (SSSR count). The molecule has 128 valence electrons. The van der Waals surface area contributed by atoms with Crippen LogP contribution in [0.1, 0.15) is 43.0 Å². The summed E-state index contributed by atoms with van der Waals surface area (Å²) in [5.41, 5.74) is 1.01. The third kappa shape index (κ3) is 3.85. The summed E-state index contributed by atoms with van der Waals surface area (Å²) in [6.07, 6.45) is 4.96. The molecular weight excluding hydrogens is 302 g/mol. The Kier molecular flexibility index (Phi) is 5.30. The van der Waals surface area contributed by atoms with Gasteiger partial charge >= 0.3 is 5.97 Å². The molecule has 1 fully saturated rings. The van der Waals surface area contributed by atoms with E-state index >= 15 is 0 Å². The molecule has 0 unspecified atom stereocenters. The number of nitrogens with one attached hydrogen (secondary N) is 1. The minimum Gasteiger partial charge on any atom is -0.478 e. The van der Waals surface area contributed by atoms with Crippen LogP contribution < -0.4 is 5.32 Å². The van der Waals surface area contributed by atoms with E-state index < -0.39 is 5.97 Å². The number of carbonyl (C=O) groups is 1. The summed E-state index contributed by atoms with van der Waals surface area (Å²) in [5, 5.41) is 13.4. The average molecular weight is 327 g/mol. The number of likely N-dealkylation sites (tertiary alicyclic amines) is 1. The van der Waals surface area contributed by atoms with Crippen LogP contribution in [0.5, 0.6) is 0 Å². The van der Waals surface area contributed by atoms with Crippen LogP contribution in [-0.4, -0.2) is 46.6 Å². The molecule has 0 bridgehead atoms. The quantitative estimate of drug-likeness (QED) is 0.794. The molecule has 2 aromatic rings. The minimum atomic E-state index is -0.918. The monoisotopic (exact) mass is 327 g/mol. The number of rotatable bonds is 6. The lowest BCUT2D eigenvalue weighted by atomic mass is 10.0. The topological polar surface area (TPSA) is 65.5 Å². The van der Waals surface area contributed by atoms with Crippen molar-refractivity contribution in [2.45, 2.75) is 38.6 Å². The predicted molar refractivity (Wildman–Crippen MR) is 96.7 cm³/mol. The van der Waals surface area contributed by atoms with Crippen molar-refractivity contribution in [3.63, 3.8) is 0 Å². The van der Waals surface area contributed by atoms with Gasteiger partial charge in [0.1, 0.15) is 5.82 Å². The van der Waals surface area contributed by atoms with Gasteiger partial charge in [-0.1, -0.05) is 24.6 Å². The van der Waals surface area contributed by atoms with Crippen LogP contribution in [0.2, 0.25) is 0 Å². The van der Waals surface area contributed by atoms with E-state index in [9.17, 15) is 9.90 Å². The standard InChI is InChI=1S/C19H25N3O2/c1-14-7-4-5-11-22(14)12-6-10-20-18-13-16(19(23)24)15-8-2-3-9-17(15)21-18/h2-3,8-9,13-14H,4-7,10-12H2,1H3,(H,20,21)(H,23,24)/t14-/m0/s1. The Hall–Kier alpha value is -2.14. The third-order valence-corrected chi connectivity index (χ3v) is 4.82. The SMILES string of the molecule is C[C@H]1CCCCN1CCCNc1cc(C(=O)O)c2ccccc2n1. The number of aromatic nitrogens is 1. The summed E-state index contributed by atoms with van der Waals surface area (Å²) in [4.78, 5) is 18.6. The molecular formula is C19H25N3O2. The lowest BCUT2D eigenvalue weighted by Gasteiger charge is -2.33. The van der Waals surface area contributed by atoms with E-state index in [2.05, 4.69) is 22.1 Å². The van der Waals surface area contributed by atoms with Crippen molar-refractivity contribution in [2.24, 2.45) is 0 Å². The molecule has 0 amide bonds. The Bertz CT molecular complexity index is 717. The highest BCUT2D eigenvalue weighted by atomic mass is 16.4. The highest BCUT2D eigenvalue weighted by Gasteiger charge is 2.17. The number of fused-ring (bicyclic) bond motifs is 1. The van der Waals surface area contributed by atoms with Crippen molar-refractivity contribution < 1.29 is 9.90 Å². The van der Waals surface area contributed by atoms with Crippen molar-refractivity contribution in [2.75, 3.05) is 25.0 Å². The Balaban J connectivity index is 1.62. The lowest BCUT2D eigenvalue weighted by molar-refractivity contribution is 0.0699. The molecule has 1 aromatic carbocycles. The molecule has 0 saturated carbocycles. The van der Waals surface area contributed by atoms with Crippen LogP contribution in [-0.2, 0) is 0 Å². The van der Waals surface area contributed by atoms with Gasteiger partial charge in [0.25, 0.3) is 0 Å². The fraction of sp³-hybridized carbons (Fsp3) is 0.474. The Labute approximate surface area is 142 Å². The van der Waals surface area contributed by atoms with Crippen LogP contribution in [0.15, 0.2) is 30.3 Å². The Morgan fingerprint density at radius 3 is 3.00 bits per heavy atom. The highest BCUT2D eigenvalue weighted by molar-refractivity contribution is 6.03. The van der Waals surface area contributed by atoms with Gasteiger partial charge in [-0.3, -0.25) is 0 Å². The van der Waals surface area contributed by atoms with Gasteiger partial charge in [0, 0.05) is 24.5 Å². The molecule has 5 nitrogen and oxygen atoms in total. The molecule has 1 saturated heterocycles. The van der Waals surface area contributed by atoms with Crippen molar-refractivity contribution >= 4 is 22.7 Å². The van der Waals surface area contributed by atoms with Gasteiger partial charge in [0.2, 0.25) is 0 Å². The third-order valence-electron chi connectivity index (χ3n) is 4.82. The lowest BCUT2D eigenvalue weighted by Crippen LogP contribution is -2.38. The smallest absolute Gasteiger partial charge is 0.336 e. The van der Waals surface area contributed by atoms with E-state index in [1.165, 1.54) is 25.8 Å². The summed E-state index contributed by atoms with van der Waals surface area (Å²) in [6.45, 7) is 5.37. The van der Waals surface area contributed by atoms with E-state index in [1.807, 2.05) is 18.2 Å². The van der Waals surface area contributed by atoms with E-state index in [-0.39, 0.29) is 0 Å². The van der Waals surface area contributed by atoms with Crippen LogP contribution in [0, 0.1) is 0 Å². The van der Waals surface area contributed by atoms with Crippen LogP contribution >= 0.6 is 0 Å². The molecule has 1 aliphatic heterocycles. The average Bonchev–Trinajstić information content (AvgIpc) is 2.59. The fourth-order valence-electron chi connectivity index (χ4n) is 3.43. The maximum atomic E-state index is 11.5. The number of anilines is 1. The number of nitrogens with zero attached hydrogens (tertiary/aromatic N) is 2. The van der Waals surface area contributed by atoms with E-state index in [1.54, 1.807) is 12.1 Å². The second-order valence-electron chi connectivity index (χ2n) is 6.54. The fourth-order valence-corrected chi connectivity index (χ4v) is 3.43. The molecule has 0 radical (unpaired) electrons. The van der Waals surface area contributed by atoms with Crippen molar-refractivity contribution in [3.8, 4) is 0 Å². The van der Waals surface area contributed by atoms with E-state index in [4.69, 9.17) is 0 Å². The number of pyridine rings is 1. The molecule has 0 aliphatic carbocycles. The second-order valence-corrected chi connectivity index (χ2v) is 6.54. The maximum Gasteiger partial charge on any atom is 0.336 e. The normalized spacial score (nSPS) is 18.6. The van der Waals surface area contributed by atoms with Crippen molar-refractivity contribution in [1.29, 1.82) is 0 Å². The first-order valence-corrected chi connectivity index (χ1v) is 8.76. The minimum absolute atomic E-state index is 0.299. The molecule has 2 heterocycles. The first kappa shape index (κ1) is 16.7. The number of aromatic carboxylic acids is 1. The number of carboxylic acid groups (broad SMARTS) is 1. The molecule has 1 aromatic heterocycles. The Morgan fingerprint density at radius 2 is 2.21 bits per heavy atom. The maximum absolute atomic E-state index is 11.5. The van der Waals surface area contributed by atoms with Crippen LogP contribution in [0.25, 0.3) is 10.9 Å². The van der Waals surface area contributed by atoms with Crippen LogP contribution in [0.3, 0.4) is 0 Å². The number of hydrogen-bond acceptors (Lipinski definition) is 4. The molecule has 1 atom stereocenters. The molecule has 1 aliphatic rings. The Morgan fingerprint density at radius 1 is 1.38 bits per heavy atom. The van der Waals surface area contributed by atoms with Crippen molar-refractivity contribution in [1.82, 2.24) is 9.88 Å². The van der Waals surface area contributed by atoms with E-state index in [0.29, 0.717) is 28.3 Å². The zero-order valence-electron chi connectivity index (χ0n) is 14.2. The van der Waals surface area contributed by atoms with Gasteiger partial charge in [0.05, 0.1) is 11.1 Å². The van der Waals surface area contributed by atoms with Gasteiger partial charge in [-0.2, -0.15) is 0 Å². The van der Waals surface area contributed by atoms with Crippen molar-refractivity contribution in [3.05, 3.63) is 35.9 Å². The molecule has 2 N–H and O–H groups in total. The van der Waals surface area contributed by atoms with Crippen LogP contribution in [0.4, 0.5) is 5.82 Å². The van der Waals surface area contributed by atoms with Gasteiger partial charge in [-0.05, 0) is 44.9 Å². The second kappa shape index (κ2) is 7.62. The number of piperidine rings is 1. The van der Waals surface area contributed by atoms with Gasteiger partial charge < -0.3 is 15.3 Å². The first-order chi connectivity index (χ1) is 11.6. The number of carboxylic acids is 1. The largest absolute Gasteiger partial charge is 0.478 e. The zero-order valence-corrected chi connectivity index (χ0v) is 14.2. The molecule has 5 heteroatoms. The summed E-state index contributed by atoms with van der Waals surface area (Å²) in [6, 6.07) is 9.67. The summed E-state index contributed by atoms with van der Waals surface area (Å²) < 4.78 is 0. The van der Waals surface area contributed by atoms with Gasteiger partial charge in [-0.15, -0.1) is 0 Å². The van der Waals surface area contributed by atoms with Gasteiger partial charge in [-0.25, -0.2) is 9.78 Å². The highest BCUT2D eigenvalue weighted by Crippen LogP contribution is 2.21. The van der Waals surface area contributed by atoms with E-state index in [0.717, 1.165) is 19.5 Å². The predicted octanol–water partition coefficient (Wildman–Crippen LogP) is 3.61.